The Morgan fingerprint density at radius 2 is 2.31 bits per heavy atom. The molecule has 88 valence electrons. The Hall–Kier alpha value is -1.24. The molecular weight excluding hydrogens is 288 g/mol. The summed E-state index contributed by atoms with van der Waals surface area (Å²) in [6.45, 7) is 1.60. The Bertz CT molecular complexity index is 412. The van der Waals surface area contributed by atoms with Crippen LogP contribution in [0.5, 0.6) is 5.75 Å². The number of halogens is 3. The molecule has 0 aliphatic rings. The van der Waals surface area contributed by atoms with Gasteiger partial charge >= 0.3 is 5.97 Å². The molecule has 0 atom stereocenters. The summed E-state index contributed by atoms with van der Waals surface area (Å²) in [6, 6.07) is 0. The van der Waals surface area contributed by atoms with Gasteiger partial charge in [-0.2, -0.15) is 0 Å². The van der Waals surface area contributed by atoms with Gasteiger partial charge in [-0.25, -0.2) is 18.6 Å². The molecule has 1 aromatic heterocycles. The lowest BCUT2D eigenvalue weighted by Gasteiger charge is -2.10. The highest BCUT2D eigenvalue weighted by Crippen LogP contribution is 2.35. The van der Waals surface area contributed by atoms with Crippen LogP contribution < -0.4 is 0 Å². The normalized spacial score (nSPS) is 10.6. The van der Waals surface area contributed by atoms with Gasteiger partial charge in [-0.05, 0) is 22.9 Å². The number of hydrogen-bond acceptors (Lipinski definition) is 4. The van der Waals surface area contributed by atoms with Crippen molar-refractivity contribution in [1.82, 2.24) is 4.98 Å². The van der Waals surface area contributed by atoms with Crippen molar-refractivity contribution >= 4 is 21.9 Å². The van der Waals surface area contributed by atoms with Gasteiger partial charge in [-0.1, -0.05) is 0 Å². The first kappa shape index (κ1) is 12.8. The molecule has 1 aromatic rings. The first-order chi connectivity index (χ1) is 7.49. The number of esters is 1. The van der Waals surface area contributed by atoms with Crippen LogP contribution in [0.25, 0.3) is 0 Å². The van der Waals surface area contributed by atoms with Crippen molar-refractivity contribution in [2.75, 3.05) is 6.61 Å². The molecule has 1 rings (SSSR count). The molecular formula is C9H8BrF2NO3. The van der Waals surface area contributed by atoms with Crippen molar-refractivity contribution in [2.45, 2.75) is 13.3 Å². The number of pyridine rings is 1. The number of aromatic nitrogens is 1. The second-order valence-corrected chi connectivity index (χ2v) is 3.50. The van der Waals surface area contributed by atoms with Crippen LogP contribution in [0.1, 0.15) is 29.3 Å². The molecule has 4 nitrogen and oxygen atoms in total. The van der Waals surface area contributed by atoms with Crippen molar-refractivity contribution in [3.63, 3.8) is 0 Å². The van der Waals surface area contributed by atoms with E-state index in [1.54, 1.807) is 6.92 Å². The zero-order chi connectivity index (χ0) is 12.3. The van der Waals surface area contributed by atoms with Gasteiger partial charge in [-0.3, -0.25) is 0 Å². The van der Waals surface area contributed by atoms with Crippen molar-refractivity contribution in [3.8, 4) is 5.75 Å². The molecule has 0 saturated heterocycles. The monoisotopic (exact) mass is 295 g/mol. The topological polar surface area (TPSA) is 59.4 Å². The van der Waals surface area contributed by atoms with E-state index in [2.05, 4.69) is 25.7 Å². The number of ether oxygens (including phenoxy) is 1. The van der Waals surface area contributed by atoms with Crippen molar-refractivity contribution in [1.29, 1.82) is 0 Å². The number of carbonyl (C=O) groups excluding carboxylic acids is 1. The third-order valence-electron chi connectivity index (χ3n) is 1.76. The minimum atomic E-state index is -2.99. The summed E-state index contributed by atoms with van der Waals surface area (Å²) in [7, 11) is 0. The number of nitrogens with zero attached hydrogens (tertiary/aromatic N) is 1. The highest BCUT2D eigenvalue weighted by atomic mass is 79.9. The summed E-state index contributed by atoms with van der Waals surface area (Å²) in [5, 5.41) is 9.37. The minimum absolute atomic E-state index is 0.0539. The zero-order valence-corrected chi connectivity index (χ0v) is 9.79. The van der Waals surface area contributed by atoms with E-state index in [0.717, 1.165) is 6.20 Å². The highest BCUT2D eigenvalue weighted by molar-refractivity contribution is 9.10. The summed E-state index contributed by atoms with van der Waals surface area (Å²) in [6.07, 6.45) is -2.05. The fourth-order valence-corrected chi connectivity index (χ4v) is 1.40. The predicted molar refractivity (Wildman–Crippen MR) is 54.5 cm³/mol. The first-order valence-electron chi connectivity index (χ1n) is 4.31. The predicted octanol–water partition coefficient (Wildman–Crippen LogP) is 2.66. The van der Waals surface area contributed by atoms with Crippen LogP contribution in [0.3, 0.4) is 0 Å². The molecule has 0 spiro atoms. The molecule has 0 aliphatic carbocycles. The number of aromatic hydroxyl groups is 1. The lowest BCUT2D eigenvalue weighted by molar-refractivity contribution is 0.0513. The molecule has 0 fully saturated rings. The highest BCUT2D eigenvalue weighted by Gasteiger charge is 2.25. The fourth-order valence-electron chi connectivity index (χ4n) is 1.08. The molecule has 0 aliphatic heterocycles. The molecule has 0 bridgehead atoms. The number of hydrogen-bond donors (Lipinski definition) is 1. The van der Waals surface area contributed by atoms with Gasteiger partial charge in [0.2, 0.25) is 0 Å². The van der Waals surface area contributed by atoms with Crippen LogP contribution in [0.4, 0.5) is 8.78 Å². The maximum Gasteiger partial charge on any atom is 0.340 e. The van der Waals surface area contributed by atoms with Crippen LogP contribution in [0.15, 0.2) is 10.8 Å². The van der Waals surface area contributed by atoms with E-state index in [1.807, 2.05) is 0 Å². The van der Waals surface area contributed by atoms with Gasteiger partial charge in [0.05, 0.1) is 17.7 Å². The average molecular weight is 296 g/mol. The Balaban J connectivity index is 3.28. The quantitative estimate of drug-likeness (QED) is 0.688. The second kappa shape index (κ2) is 5.20. The summed E-state index contributed by atoms with van der Waals surface area (Å²) in [5.41, 5.74) is -1.21. The molecule has 16 heavy (non-hydrogen) atoms. The van der Waals surface area contributed by atoms with Crippen LogP contribution in [-0.2, 0) is 4.74 Å². The minimum Gasteiger partial charge on any atom is -0.505 e. The van der Waals surface area contributed by atoms with Gasteiger partial charge < -0.3 is 9.84 Å². The third kappa shape index (κ3) is 2.46. The van der Waals surface area contributed by atoms with Crippen molar-refractivity contribution in [2.24, 2.45) is 0 Å². The van der Waals surface area contributed by atoms with Crippen molar-refractivity contribution < 1.29 is 23.4 Å². The van der Waals surface area contributed by atoms with Gasteiger partial charge in [0, 0.05) is 6.20 Å². The molecule has 7 heteroatoms. The Morgan fingerprint density at radius 1 is 1.69 bits per heavy atom. The number of rotatable bonds is 3. The second-order valence-electron chi connectivity index (χ2n) is 2.75. The van der Waals surface area contributed by atoms with Gasteiger partial charge in [0.15, 0.2) is 5.75 Å². The largest absolute Gasteiger partial charge is 0.505 e. The van der Waals surface area contributed by atoms with Crippen molar-refractivity contribution in [3.05, 3.63) is 21.9 Å². The smallest absolute Gasteiger partial charge is 0.340 e. The molecule has 1 heterocycles. The molecule has 0 unspecified atom stereocenters. The van der Waals surface area contributed by atoms with E-state index >= 15 is 0 Å². The number of alkyl halides is 2. The van der Waals surface area contributed by atoms with E-state index in [9.17, 15) is 18.7 Å². The summed E-state index contributed by atoms with van der Waals surface area (Å²) in [5.74, 6) is -1.69. The van der Waals surface area contributed by atoms with Crippen LogP contribution in [-0.4, -0.2) is 22.7 Å². The summed E-state index contributed by atoms with van der Waals surface area (Å²) in [4.78, 5) is 14.9. The standard InChI is InChI=1S/C9H8BrF2NO3/c1-2-16-9(15)4-3-13-7(10)6(14)5(4)8(11)12/h3,8,14H,2H2,1H3. The Morgan fingerprint density at radius 3 is 2.81 bits per heavy atom. The molecule has 0 amide bonds. The maximum atomic E-state index is 12.7. The van der Waals surface area contributed by atoms with Crippen LogP contribution in [0.2, 0.25) is 0 Å². The van der Waals surface area contributed by atoms with Gasteiger partial charge in [0.25, 0.3) is 6.43 Å². The van der Waals surface area contributed by atoms with Gasteiger partial charge in [0.1, 0.15) is 4.60 Å². The zero-order valence-electron chi connectivity index (χ0n) is 8.21. The van der Waals surface area contributed by atoms with E-state index in [1.165, 1.54) is 0 Å². The number of carbonyl (C=O) groups is 1. The lowest BCUT2D eigenvalue weighted by Crippen LogP contribution is -2.09. The average Bonchev–Trinajstić information content (AvgIpc) is 2.21. The first-order valence-corrected chi connectivity index (χ1v) is 5.11. The van der Waals surface area contributed by atoms with Crippen LogP contribution in [0, 0.1) is 0 Å². The molecule has 0 aromatic carbocycles. The third-order valence-corrected chi connectivity index (χ3v) is 2.34. The Labute approximate surface area is 98.4 Å². The molecule has 0 radical (unpaired) electrons. The summed E-state index contributed by atoms with van der Waals surface area (Å²) >= 11 is 2.79. The fraction of sp³-hybridized carbons (Fsp3) is 0.333. The van der Waals surface area contributed by atoms with Gasteiger partial charge in [-0.15, -0.1) is 0 Å². The SMILES string of the molecule is CCOC(=O)c1cnc(Br)c(O)c1C(F)F. The van der Waals surface area contributed by atoms with E-state index in [4.69, 9.17) is 0 Å². The lowest BCUT2D eigenvalue weighted by atomic mass is 10.1. The molecule has 0 saturated carbocycles. The molecule has 1 N–H and O–H groups in total. The van der Waals surface area contributed by atoms with E-state index in [0.29, 0.717) is 0 Å². The van der Waals surface area contributed by atoms with E-state index < -0.39 is 29.3 Å². The maximum absolute atomic E-state index is 12.7. The Kier molecular flexibility index (Phi) is 4.17. The van der Waals surface area contributed by atoms with Crippen LogP contribution >= 0.6 is 15.9 Å². The van der Waals surface area contributed by atoms with E-state index in [-0.39, 0.29) is 11.2 Å². The summed E-state index contributed by atoms with van der Waals surface area (Å²) < 4.78 is 29.7.